The maximum atomic E-state index is 13.8. The van der Waals surface area contributed by atoms with Crippen molar-refractivity contribution < 1.29 is 23.5 Å². The minimum atomic E-state index is -1.34. The fourth-order valence-corrected chi connectivity index (χ4v) is 4.32. The van der Waals surface area contributed by atoms with Crippen LogP contribution in [0.15, 0.2) is 48.5 Å². The number of nitrogens with two attached hydrogens (primary N) is 2. The number of amides is 2. The largest absolute Gasteiger partial charge is 0.382 e. The van der Waals surface area contributed by atoms with Gasteiger partial charge < -0.3 is 27.2 Å². The minimum Gasteiger partial charge on any atom is -0.382 e. The Hall–Kier alpha value is -2.88. The summed E-state index contributed by atoms with van der Waals surface area (Å²) in [6.45, 7) is 0.654. The van der Waals surface area contributed by atoms with E-state index in [1.165, 1.54) is 0 Å². The SMILES string of the molecule is NC(CC(=O)NCC1(CNC(=O)C(O)C(N)Cc2ccccc2)CCC1)Cc1cc(F)ccc1F. The maximum Gasteiger partial charge on any atom is 0.250 e. The normalized spacial score (nSPS) is 17.1. The van der Waals surface area contributed by atoms with E-state index >= 15 is 0 Å². The number of benzene rings is 2. The van der Waals surface area contributed by atoms with Gasteiger partial charge in [0.05, 0.1) is 0 Å². The molecular weight excluding hydrogens is 454 g/mol. The molecule has 0 aliphatic heterocycles. The molecule has 35 heavy (non-hydrogen) atoms. The van der Waals surface area contributed by atoms with Crippen LogP contribution in [0.2, 0.25) is 0 Å². The van der Waals surface area contributed by atoms with Crippen molar-refractivity contribution in [1.29, 1.82) is 0 Å². The van der Waals surface area contributed by atoms with Gasteiger partial charge in [0, 0.05) is 37.0 Å². The number of aliphatic hydroxyl groups is 1. The Morgan fingerprint density at radius 3 is 2.34 bits per heavy atom. The fraction of sp³-hybridized carbons (Fsp3) is 0.462. The van der Waals surface area contributed by atoms with Crippen molar-refractivity contribution in [3.63, 3.8) is 0 Å². The van der Waals surface area contributed by atoms with Crippen LogP contribution in [0.3, 0.4) is 0 Å². The monoisotopic (exact) mass is 488 g/mol. The first kappa shape index (κ1) is 26.7. The van der Waals surface area contributed by atoms with Crippen molar-refractivity contribution >= 4 is 11.8 Å². The van der Waals surface area contributed by atoms with Crippen molar-refractivity contribution in [2.75, 3.05) is 13.1 Å². The van der Waals surface area contributed by atoms with E-state index in [1.54, 1.807) is 0 Å². The summed E-state index contributed by atoms with van der Waals surface area (Å²) in [5, 5.41) is 16.0. The molecule has 1 fully saturated rings. The van der Waals surface area contributed by atoms with Gasteiger partial charge in [0.2, 0.25) is 11.8 Å². The third kappa shape index (κ3) is 7.81. The maximum absolute atomic E-state index is 13.8. The highest BCUT2D eigenvalue weighted by molar-refractivity contribution is 5.81. The molecule has 1 saturated carbocycles. The summed E-state index contributed by atoms with van der Waals surface area (Å²) in [4.78, 5) is 24.9. The molecule has 2 amide bonds. The van der Waals surface area contributed by atoms with Gasteiger partial charge in [0.15, 0.2) is 0 Å². The summed E-state index contributed by atoms with van der Waals surface area (Å²) in [5.41, 5.74) is 12.8. The van der Waals surface area contributed by atoms with E-state index in [0.29, 0.717) is 19.5 Å². The molecule has 3 atom stereocenters. The van der Waals surface area contributed by atoms with Crippen LogP contribution < -0.4 is 22.1 Å². The summed E-state index contributed by atoms with van der Waals surface area (Å²) < 4.78 is 27.1. The number of rotatable bonds is 12. The Labute approximate surface area is 204 Å². The average molecular weight is 489 g/mol. The van der Waals surface area contributed by atoms with Gasteiger partial charge in [-0.05, 0) is 55.0 Å². The molecule has 0 heterocycles. The number of nitrogens with one attached hydrogen (secondary N) is 2. The molecule has 190 valence electrons. The number of carbonyl (C=O) groups excluding carboxylic acids is 2. The highest BCUT2D eigenvalue weighted by Gasteiger charge is 2.38. The Morgan fingerprint density at radius 1 is 1.00 bits per heavy atom. The lowest BCUT2D eigenvalue weighted by molar-refractivity contribution is -0.131. The van der Waals surface area contributed by atoms with E-state index in [1.807, 2.05) is 30.3 Å². The first-order valence-corrected chi connectivity index (χ1v) is 11.9. The van der Waals surface area contributed by atoms with Gasteiger partial charge in [0.1, 0.15) is 17.7 Å². The average Bonchev–Trinajstić information content (AvgIpc) is 2.80. The van der Waals surface area contributed by atoms with Crippen LogP contribution in [-0.2, 0) is 22.4 Å². The smallest absolute Gasteiger partial charge is 0.250 e. The molecule has 9 heteroatoms. The van der Waals surface area contributed by atoms with Gasteiger partial charge in [-0.1, -0.05) is 36.8 Å². The first-order valence-electron chi connectivity index (χ1n) is 11.9. The Balaban J connectivity index is 1.43. The molecule has 7 N–H and O–H groups in total. The van der Waals surface area contributed by atoms with Crippen LogP contribution in [0.25, 0.3) is 0 Å². The molecular formula is C26H34F2N4O3. The second-order valence-electron chi connectivity index (χ2n) is 9.55. The van der Waals surface area contributed by atoms with Crippen LogP contribution in [0.1, 0.15) is 36.8 Å². The molecule has 0 bridgehead atoms. The van der Waals surface area contributed by atoms with Gasteiger partial charge in [-0.3, -0.25) is 9.59 Å². The van der Waals surface area contributed by atoms with E-state index in [2.05, 4.69) is 10.6 Å². The summed E-state index contributed by atoms with van der Waals surface area (Å²) in [6, 6.07) is 11.1. The second kappa shape index (κ2) is 12.2. The predicted molar refractivity (Wildman–Crippen MR) is 129 cm³/mol. The molecule has 7 nitrogen and oxygen atoms in total. The minimum absolute atomic E-state index is 0.0363. The molecule has 3 unspecified atom stereocenters. The second-order valence-corrected chi connectivity index (χ2v) is 9.55. The molecule has 0 aromatic heterocycles. The highest BCUT2D eigenvalue weighted by Crippen LogP contribution is 2.39. The van der Waals surface area contributed by atoms with Crippen molar-refractivity contribution in [3.05, 3.63) is 71.3 Å². The third-order valence-corrected chi connectivity index (χ3v) is 6.64. The number of halogens is 2. The summed E-state index contributed by atoms with van der Waals surface area (Å²) >= 11 is 0. The Morgan fingerprint density at radius 2 is 1.69 bits per heavy atom. The molecule has 0 saturated heterocycles. The summed E-state index contributed by atoms with van der Waals surface area (Å²) in [7, 11) is 0. The summed E-state index contributed by atoms with van der Waals surface area (Å²) in [6.07, 6.45) is 1.64. The predicted octanol–water partition coefficient (Wildman–Crippen LogP) is 1.56. The first-order chi connectivity index (χ1) is 16.7. The van der Waals surface area contributed by atoms with Crippen LogP contribution in [0, 0.1) is 17.0 Å². The molecule has 2 aromatic carbocycles. The zero-order chi connectivity index (χ0) is 25.4. The van der Waals surface area contributed by atoms with Crippen LogP contribution >= 0.6 is 0 Å². The van der Waals surface area contributed by atoms with Crippen molar-refractivity contribution in [2.45, 2.75) is 56.7 Å². The van der Waals surface area contributed by atoms with Crippen molar-refractivity contribution in [2.24, 2.45) is 16.9 Å². The van der Waals surface area contributed by atoms with Gasteiger partial charge in [-0.2, -0.15) is 0 Å². The van der Waals surface area contributed by atoms with Crippen molar-refractivity contribution in [1.82, 2.24) is 10.6 Å². The quantitative estimate of drug-likeness (QED) is 0.310. The van der Waals surface area contributed by atoms with E-state index in [0.717, 1.165) is 43.0 Å². The van der Waals surface area contributed by atoms with E-state index in [9.17, 15) is 23.5 Å². The Bertz CT molecular complexity index is 1000. The molecule has 2 aromatic rings. The van der Waals surface area contributed by atoms with Gasteiger partial charge in [0.25, 0.3) is 0 Å². The number of hydrogen-bond acceptors (Lipinski definition) is 5. The number of aliphatic hydroxyl groups excluding tert-OH is 1. The molecule has 0 spiro atoms. The molecule has 1 aliphatic rings. The number of carbonyl (C=O) groups is 2. The van der Waals surface area contributed by atoms with E-state index in [4.69, 9.17) is 11.5 Å². The lowest BCUT2D eigenvalue weighted by atomic mass is 9.68. The number of hydrogen-bond donors (Lipinski definition) is 5. The lowest BCUT2D eigenvalue weighted by Gasteiger charge is -2.42. The summed E-state index contributed by atoms with van der Waals surface area (Å²) in [5.74, 6) is -1.95. The zero-order valence-electron chi connectivity index (χ0n) is 19.7. The van der Waals surface area contributed by atoms with Crippen LogP contribution in [0.5, 0.6) is 0 Å². The highest BCUT2D eigenvalue weighted by atomic mass is 19.1. The molecule has 3 rings (SSSR count). The van der Waals surface area contributed by atoms with Gasteiger partial charge >= 0.3 is 0 Å². The van der Waals surface area contributed by atoms with E-state index in [-0.39, 0.29) is 29.7 Å². The Kier molecular flexibility index (Phi) is 9.31. The lowest BCUT2D eigenvalue weighted by Crippen LogP contribution is -2.53. The van der Waals surface area contributed by atoms with Crippen LogP contribution in [0.4, 0.5) is 8.78 Å². The van der Waals surface area contributed by atoms with Crippen molar-refractivity contribution in [3.8, 4) is 0 Å². The fourth-order valence-electron chi connectivity index (χ4n) is 4.32. The third-order valence-electron chi connectivity index (χ3n) is 6.64. The standard InChI is InChI=1S/C26H34F2N4O3/c27-19-7-8-21(28)18(12-19)13-20(29)14-23(33)31-15-26(9-4-10-26)16-32-25(35)24(34)22(30)11-17-5-2-1-3-6-17/h1-3,5-8,12,20,22,24,34H,4,9-11,13-16,29-30H2,(H,31,33)(H,32,35). The van der Waals surface area contributed by atoms with E-state index < -0.39 is 35.7 Å². The van der Waals surface area contributed by atoms with Gasteiger partial charge in [-0.15, -0.1) is 0 Å². The van der Waals surface area contributed by atoms with Gasteiger partial charge in [-0.25, -0.2) is 8.78 Å². The molecule has 1 aliphatic carbocycles. The topological polar surface area (TPSA) is 130 Å². The zero-order valence-corrected chi connectivity index (χ0v) is 19.7. The van der Waals surface area contributed by atoms with Crippen LogP contribution in [-0.4, -0.2) is 48.2 Å². The molecule has 0 radical (unpaired) electrons.